The second-order valence-electron chi connectivity index (χ2n) is 6.22. The van der Waals surface area contributed by atoms with Crippen molar-refractivity contribution in [3.8, 4) is 6.07 Å². The van der Waals surface area contributed by atoms with E-state index in [0.29, 0.717) is 18.7 Å². The van der Waals surface area contributed by atoms with Crippen molar-refractivity contribution in [3.05, 3.63) is 16.8 Å². The first kappa shape index (κ1) is 17.2. The minimum Gasteiger partial charge on any atom is -0.344 e. The molecule has 0 saturated heterocycles. The van der Waals surface area contributed by atoms with Crippen LogP contribution >= 0.6 is 23.1 Å². The fraction of sp³-hybridized carbons (Fsp3) is 0.529. The predicted octanol–water partition coefficient (Wildman–Crippen LogP) is 3.28. The van der Waals surface area contributed by atoms with Crippen LogP contribution in [0.25, 0.3) is 10.2 Å². The molecular formula is C17H20N4OS2. The molecule has 2 aromatic heterocycles. The number of nitriles is 1. The summed E-state index contributed by atoms with van der Waals surface area (Å²) in [6.45, 7) is 2.77. The van der Waals surface area contributed by atoms with Crippen LogP contribution in [0.15, 0.2) is 11.4 Å². The fourth-order valence-corrected chi connectivity index (χ4v) is 5.32. The van der Waals surface area contributed by atoms with Crippen LogP contribution in [0.3, 0.4) is 0 Å². The number of thiophene rings is 1. The Balaban J connectivity index is 1.78. The van der Waals surface area contributed by atoms with Crippen molar-refractivity contribution in [2.24, 2.45) is 5.92 Å². The number of carbonyl (C=O) groups excluding carboxylic acids is 1. The van der Waals surface area contributed by atoms with E-state index in [4.69, 9.17) is 5.26 Å². The molecule has 24 heavy (non-hydrogen) atoms. The standard InChI is InChI=1S/C17H20N4OS2/c1-11-4-5-12-13(8-11)24-17-15(12)16(19-10-20-17)23-9-14(22)21(2)7-3-6-18/h10-11H,3-5,7-9H2,1-2H3/t11-/m0/s1. The highest BCUT2D eigenvalue weighted by Gasteiger charge is 2.23. The van der Waals surface area contributed by atoms with Crippen LogP contribution < -0.4 is 0 Å². The van der Waals surface area contributed by atoms with Gasteiger partial charge in [0, 0.05) is 23.9 Å². The molecule has 0 radical (unpaired) electrons. The summed E-state index contributed by atoms with van der Waals surface area (Å²) in [5.41, 5.74) is 1.39. The van der Waals surface area contributed by atoms with Gasteiger partial charge in [-0.1, -0.05) is 18.7 Å². The zero-order chi connectivity index (χ0) is 17.1. The average Bonchev–Trinajstić information content (AvgIpc) is 2.95. The molecule has 1 aliphatic carbocycles. The third-order valence-corrected chi connectivity index (χ3v) is 6.51. The SMILES string of the molecule is C[C@H]1CCc2c(sc3ncnc(SCC(=O)N(C)CCC#N)c23)C1. The third-order valence-electron chi connectivity index (χ3n) is 4.37. The van der Waals surface area contributed by atoms with Gasteiger partial charge >= 0.3 is 0 Å². The van der Waals surface area contributed by atoms with Crippen LogP contribution in [0.4, 0.5) is 0 Å². The number of aryl methyl sites for hydroxylation is 1. The summed E-state index contributed by atoms with van der Waals surface area (Å²) < 4.78 is 0. The lowest BCUT2D eigenvalue weighted by atomic mass is 9.89. The van der Waals surface area contributed by atoms with Gasteiger partial charge in [0.05, 0.1) is 18.2 Å². The average molecular weight is 361 g/mol. The van der Waals surface area contributed by atoms with E-state index in [1.165, 1.54) is 28.6 Å². The van der Waals surface area contributed by atoms with Gasteiger partial charge in [-0.15, -0.1) is 11.3 Å². The molecule has 7 heteroatoms. The summed E-state index contributed by atoms with van der Waals surface area (Å²) in [6, 6.07) is 2.07. The van der Waals surface area contributed by atoms with Gasteiger partial charge in [-0.3, -0.25) is 4.79 Å². The van der Waals surface area contributed by atoms with Gasteiger partial charge in [-0.05, 0) is 30.7 Å². The zero-order valence-corrected chi connectivity index (χ0v) is 15.5. The summed E-state index contributed by atoms with van der Waals surface area (Å²) in [7, 11) is 1.74. The van der Waals surface area contributed by atoms with Crippen molar-refractivity contribution in [3.63, 3.8) is 0 Å². The maximum atomic E-state index is 12.2. The van der Waals surface area contributed by atoms with E-state index in [1.54, 1.807) is 29.6 Å². The summed E-state index contributed by atoms with van der Waals surface area (Å²) in [4.78, 5) is 25.1. The van der Waals surface area contributed by atoms with Gasteiger partial charge in [0.2, 0.25) is 5.91 Å². The van der Waals surface area contributed by atoms with E-state index >= 15 is 0 Å². The number of aromatic nitrogens is 2. The third kappa shape index (κ3) is 3.55. The molecule has 0 N–H and O–H groups in total. The van der Waals surface area contributed by atoms with Crippen LogP contribution in [-0.2, 0) is 17.6 Å². The predicted molar refractivity (Wildman–Crippen MR) is 97.2 cm³/mol. The largest absolute Gasteiger partial charge is 0.344 e. The molecule has 0 fully saturated rings. The first-order valence-electron chi connectivity index (χ1n) is 8.09. The Labute approximate surface area is 150 Å². The molecule has 0 aromatic carbocycles. The molecule has 3 rings (SSSR count). The van der Waals surface area contributed by atoms with Crippen molar-refractivity contribution < 1.29 is 4.79 Å². The van der Waals surface area contributed by atoms with Crippen LogP contribution in [0.5, 0.6) is 0 Å². The molecule has 0 saturated carbocycles. The summed E-state index contributed by atoms with van der Waals surface area (Å²) in [5, 5.41) is 10.7. The smallest absolute Gasteiger partial charge is 0.232 e. The van der Waals surface area contributed by atoms with E-state index in [2.05, 4.69) is 23.0 Å². The molecule has 0 unspecified atom stereocenters. The molecule has 0 bridgehead atoms. The lowest BCUT2D eigenvalue weighted by molar-refractivity contribution is -0.127. The van der Waals surface area contributed by atoms with Gasteiger partial charge in [0.15, 0.2) is 0 Å². The fourth-order valence-electron chi connectivity index (χ4n) is 2.94. The van der Waals surface area contributed by atoms with Crippen LogP contribution in [0.2, 0.25) is 0 Å². The van der Waals surface area contributed by atoms with Crippen LogP contribution in [-0.4, -0.2) is 40.1 Å². The Bertz CT molecular complexity index is 796. The number of rotatable bonds is 5. The summed E-state index contributed by atoms with van der Waals surface area (Å²) in [5.74, 6) is 1.10. The van der Waals surface area contributed by atoms with Crippen molar-refractivity contribution in [2.45, 2.75) is 37.6 Å². The molecule has 0 spiro atoms. The molecule has 1 atom stereocenters. The van der Waals surface area contributed by atoms with E-state index in [1.807, 2.05) is 0 Å². The molecular weight excluding hydrogens is 340 g/mol. The summed E-state index contributed by atoms with van der Waals surface area (Å²) in [6.07, 6.45) is 5.36. The number of thioether (sulfide) groups is 1. The number of hydrogen-bond donors (Lipinski definition) is 0. The van der Waals surface area contributed by atoms with Crippen molar-refractivity contribution in [1.29, 1.82) is 5.26 Å². The Hall–Kier alpha value is -1.65. The van der Waals surface area contributed by atoms with E-state index < -0.39 is 0 Å². The Kier molecular flexibility index (Phi) is 5.36. The molecule has 2 aromatic rings. The van der Waals surface area contributed by atoms with Crippen molar-refractivity contribution in [1.82, 2.24) is 14.9 Å². The van der Waals surface area contributed by atoms with Gasteiger partial charge in [0.1, 0.15) is 16.2 Å². The maximum Gasteiger partial charge on any atom is 0.232 e. The zero-order valence-electron chi connectivity index (χ0n) is 13.9. The van der Waals surface area contributed by atoms with E-state index in [0.717, 1.165) is 34.0 Å². The number of fused-ring (bicyclic) bond motifs is 3. The highest BCUT2D eigenvalue weighted by molar-refractivity contribution is 8.00. The number of amides is 1. The van der Waals surface area contributed by atoms with Gasteiger partial charge in [0.25, 0.3) is 0 Å². The second kappa shape index (κ2) is 7.49. The van der Waals surface area contributed by atoms with E-state index in [-0.39, 0.29) is 5.91 Å². The number of carbonyl (C=O) groups is 1. The minimum atomic E-state index is 0.0275. The first-order valence-corrected chi connectivity index (χ1v) is 9.89. The van der Waals surface area contributed by atoms with Crippen molar-refractivity contribution in [2.75, 3.05) is 19.3 Å². The second-order valence-corrected chi connectivity index (χ2v) is 8.27. The molecule has 0 aliphatic heterocycles. The normalized spacial score (nSPS) is 16.6. The lowest BCUT2D eigenvalue weighted by Gasteiger charge is -2.18. The Morgan fingerprint density at radius 2 is 2.38 bits per heavy atom. The Morgan fingerprint density at radius 3 is 3.17 bits per heavy atom. The van der Waals surface area contributed by atoms with Gasteiger partial charge in [-0.2, -0.15) is 5.26 Å². The van der Waals surface area contributed by atoms with Gasteiger partial charge < -0.3 is 4.90 Å². The number of hydrogen-bond acceptors (Lipinski definition) is 6. The minimum absolute atomic E-state index is 0.0275. The lowest BCUT2D eigenvalue weighted by Crippen LogP contribution is -2.29. The number of nitrogens with zero attached hydrogens (tertiary/aromatic N) is 4. The molecule has 1 aliphatic rings. The highest BCUT2D eigenvalue weighted by atomic mass is 32.2. The molecule has 5 nitrogen and oxygen atoms in total. The van der Waals surface area contributed by atoms with Crippen molar-refractivity contribution >= 4 is 39.2 Å². The first-order chi connectivity index (χ1) is 11.6. The molecule has 1 amide bonds. The summed E-state index contributed by atoms with van der Waals surface area (Å²) >= 11 is 3.25. The quantitative estimate of drug-likeness (QED) is 0.604. The van der Waals surface area contributed by atoms with Crippen LogP contribution in [0.1, 0.15) is 30.2 Å². The molecule has 2 heterocycles. The Morgan fingerprint density at radius 1 is 1.54 bits per heavy atom. The highest BCUT2D eigenvalue weighted by Crippen LogP contribution is 2.40. The molecule has 126 valence electrons. The topological polar surface area (TPSA) is 69.9 Å². The van der Waals surface area contributed by atoms with E-state index in [9.17, 15) is 4.79 Å². The monoisotopic (exact) mass is 360 g/mol. The maximum absolute atomic E-state index is 12.2. The van der Waals surface area contributed by atoms with Gasteiger partial charge in [-0.25, -0.2) is 9.97 Å². The van der Waals surface area contributed by atoms with Crippen LogP contribution in [0, 0.1) is 17.2 Å².